The van der Waals surface area contributed by atoms with Crippen LogP contribution >= 0.6 is 0 Å². The lowest BCUT2D eigenvalue weighted by Gasteiger charge is -2.27. The van der Waals surface area contributed by atoms with Crippen LogP contribution in [0.5, 0.6) is 0 Å². The van der Waals surface area contributed by atoms with E-state index in [0.717, 1.165) is 32.1 Å². The molecule has 0 bridgehead atoms. The number of hydrogen-bond donors (Lipinski definition) is 2. The zero-order valence-electron chi connectivity index (χ0n) is 12.6. The molecule has 1 aliphatic carbocycles. The van der Waals surface area contributed by atoms with Gasteiger partial charge in [0.25, 0.3) is 0 Å². The second-order valence-electron chi connectivity index (χ2n) is 5.97. The lowest BCUT2D eigenvalue weighted by molar-refractivity contribution is -0.135. The molecule has 2 amide bonds. The van der Waals surface area contributed by atoms with Crippen LogP contribution in [0.3, 0.4) is 0 Å². The molecule has 0 spiro atoms. The highest BCUT2D eigenvalue weighted by Gasteiger charge is 2.21. The van der Waals surface area contributed by atoms with Gasteiger partial charge in [0.1, 0.15) is 0 Å². The summed E-state index contributed by atoms with van der Waals surface area (Å²) in [5.41, 5.74) is 11.2. The molecule has 1 aliphatic rings. The van der Waals surface area contributed by atoms with E-state index in [1.807, 2.05) is 0 Å². The van der Waals surface area contributed by atoms with Crippen molar-refractivity contribution >= 4 is 11.8 Å². The SMILES string of the molecule is CCCCN(CC(N)=O)C(=O)CCC1CCCC(N)C1. The Kier molecular flexibility index (Phi) is 7.59. The smallest absolute Gasteiger partial charge is 0.237 e. The molecule has 5 nitrogen and oxygen atoms in total. The number of carbonyl (C=O) groups is 2. The molecule has 1 rings (SSSR count). The maximum absolute atomic E-state index is 12.2. The third-order valence-electron chi connectivity index (χ3n) is 4.07. The van der Waals surface area contributed by atoms with E-state index in [2.05, 4.69) is 6.92 Å². The first-order chi connectivity index (χ1) is 9.52. The second-order valence-corrected chi connectivity index (χ2v) is 5.97. The zero-order valence-corrected chi connectivity index (χ0v) is 12.6. The van der Waals surface area contributed by atoms with E-state index in [1.165, 1.54) is 12.8 Å². The number of carbonyl (C=O) groups excluding carboxylic acids is 2. The topological polar surface area (TPSA) is 89.4 Å². The molecule has 2 atom stereocenters. The quantitative estimate of drug-likeness (QED) is 0.705. The standard InChI is InChI=1S/C15H29N3O2/c1-2-3-9-18(11-14(17)19)15(20)8-7-12-5-4-6-13(16)10-12/h12-13H,2-11,16H2,1H3,(H2,17,19). The molecule has 2 unspecified atom stereocenters. The van der Waals surface area contributed by atoms with Gasteiger partial charge in [-0.25, -0.2) is 0 Å². The highest BCUT2D eigenvalue weighted by atomic mass is 16.2. The molecule has 4 N–H and O–H groups in total. The minimum atomic E-state index is -0.436. The fraction of sp³-hybridized carbons (Fsp3) is 0.867. The van der Waals surface area contributed by atoms with Gasteiger partial charge in [-0.1, -0.05) is 26.2 Å². The van der Waals surface area contributed by atoms with Crippen LogP contribution < -0.4 is 11.5 Å². The van der Waals surface area contributed by atoms with Gasteiger partial charge in [0.05, 0.1) is 6.54 Å². The van der Waals surface area contributed by atoms with Crippen molar-refractivity contribution in [2.45, 2.75) is 64.3 Å². The highest BCUT2D eigenvalue weighted by Crippen LogP contribution is 2.27. The van der Waals surface area contributed by atoms with Crippen molar-refractivity contribution in [2.75, 3.05) is 13.1 Å². The maximum Gasteiger partial charge on any atom is 0.237 e. The summed E-state index contributed by atoms with van der Waals surface area (Å²) in [6.45, 7) is 2.74. The van der Waals surface area contributed by atoms with Gasteiger partial charge in [-0.05, 0) is 31.6 Å². The van der Waals surface area contributed by atoms with Crippen LogP contribution in [0.1, 0.15) is 58.3 Å². The van der Waals surface area contributed by atoms with Gasteiger partial charge >= 0.3 is 0 Å². The van der Waals surface area contributed by atoms with E-state index in [4.69, 9.17) is 11.5 Å². The van der Waals surface area contributed by atoms with Crippen LogP contribution in [0, 0.1) is 5.92 Å². The minimum Gasteiger partial charge on any atom is -0.368 e. The fourth-order valence-electron chi connectivity index (χ4n) is 2.91. The average Bonchev–Trinajstić information content (AvgIpc) is 2.40. The largest absolute Gasteiger partial charge is 0.368 e. The number of primary amides is 1. The third kappa shape index (κ3) is 6.37. The normalized spacial score (nSPS) is 22.5. The zero-order chi connectivity index (χ0) is 15.0. The average molecular weight is 283 g/mol. The highest BCUT2D eigenvalue weighted by molar-refractivity contribution is 5.83. The molecule has 1 fully saturated rings. The minimum absolute atomic E-state index is 0.0447. The first-order valence-corrected chi connectivity index (χ1v) is 7.84. The molecule has 0 aliphatic heterocycles. The third-order valence-corrected chi connectivity index (χ3v) is 4.07. The summed E-state index contributed by atoms with van der Waals surface area (Å²) in [5.74, 6) is 0.176. The van der Waals surface area contributed by atoms with E-state index in [0.29, 0.717) is 24.9 Å². The van der Waals surface area contributed by atoms with Crippen LogP contribution in [0.4, 0.5) is 0 Å². The lowest BCUT2D eigenvalue weighted by atomic mass is 9.83. The van der Waals surface area contributed by atoms with Gasteiger partial charge in [0, 0.05) is 19.0 Å². The van der Waals surface area contributed by atoms with Crippen molar-refractivity contribution in [3.8, 4) is 0 Å². The second kappa shape index (κ2) is 8.95. The molecule has 0 aromatic rings. The van der Waals surface area contributed by atoms with E-state index in [-0.39, 0.29) is 12.5 Å². The lowest BCUT2D eigenvalue weighted by Crippen LogP contribution is -2.39. The van der Waals surface area contributed by atoms with Crippen molar-refractivity contribution in [3.05, 3.63) is 0 Å². The number of nitrogens with two attached hydrogens (primary N) is 2. The Labute approximate surface area is 122 Å². The fourth-order valence-corrected chi connectivity index (χ4v) is 2.91. The maximum atomic E-state index is 12.2. The van der Waals surface area contributed by atoms with Crippen molar-refractivity contribution in [3.63, 3.8) is 0 Å². The summed E-state index contributed by atoms with van der Waals surface area (Å²) < 4.78 is 0. The van der Waals surface area contributed by atoms with Crippen molar-refractivity contribution in [2.24, 2.45) is 17.4 Å². The van der Waals surface area contributed by atoms with E-state index in [1.54, 1.807) is 4.90 Å². The Balaban J connectivity index is 2.37. The summed E-state index contributed by atoms with van der Waals surface area (Å²) in [7, 11) is 0. The molecular formula is C15H29N3O2. The molecule has 0 heterocycles. The van der Waals surface area contributed by atoms with Gasteiger partial charge in [0.2, 0.25) is 11.8 Å². The van der Waals surface area contributed by atoms with Gasteiger partial charge in [-0.2, -0.15) is 0 Å². The molecule has 0 saturated heterocycles. The number of nitrogens with zero attached hydrogens (tertiary/aromatic N) is 1. The number of unbranched alkanes of at least 4 members (excludes halogenated alkanes) is 1. The van der Waals surface area contributed by atoms with Crippen molar-refractivity contribution in [1.82, 2.24) is 4.90 Å². The van der Waals surface area contributed by atoms with Crippen LogP contribution in [-0.2, 0) is 9.59 Å². The predicted molar refractivity (Wildman–Crippen MR) is 79.8 cm³/mol. The predicted octanol–water partition coefficient (Wildman–Crippen LogP) is 1.40. The Morgan fingerprint density at radius 1 is 1.30 bits per heavy atom. The molecule has 0 aromatic carbocycles. The molecule has 1 saturated carbocycles. The van der Waals surface area contributed by atoms with Gasteiger partial charge in [-0.15, -0.1) is 0 Å². The van der Waals surface area contributed by atoms with Crippen LogP contribution in [-0.4, -0.2) is 35.8 Å². The Morgan fingerprint density at radius 3 is 2.65 bits per heavy atom. The molecule has 20 heavy (non-hydrogen) atoms. The Bertz CT molecular complexity index is 320. The first-order valence-electron chi connectivity index (χ1n) is 7.84. The van der Waals surface area contributed by atoms with Crippen molar-refractivity contribution < 1.29 is 9.59 Å². The number of hydrogen-bond acceptors (Lipinski definition) is 3. The summed E-state index contributed by atoms with van der Waals surface area (Å²) >= 11 is 0. The van der Waals surface area contributed by atoms with E-state index in [9.17, 15) is 9.59 Å². The number of amides is 2. The van der Waals surface area contributed by atoms with E-state index < -0.39 is 5.91 Å². The van der Waals surface area contributed by atoms with E-state index >= 15 is 0 Å². The monoisotopic (exact) mass is 283 g/mol. The van der Waals surface area contributed by atoms with Crippen molar-refractivity contribution in [1.29, 1.82) is 0 Å². The van der Waals surface area contributed by atoms with Crippen LogP contribution in [0.15, 0.2) is 0 Å². The Hall–Kier alpha value is -1.10. The van der Waals surface area contributed by atoms with Crippen LogP contribution in [0.25, 0.3) is 0 Å². The molecule has 116 valence electrons. The summed E-state index contributed by atoms with van der Waals surface area (Å²) in [4.78, 5) is 24.8. The molecular weight excluding hydrogens is 254 g/mol. The van der Waals surface area contributed by atoms with Gasteiger partial charge in [-0.3, -0.25) is 9.59 Å². The Morgan fingerprint density at radius 2 is 2.05 bits per heavy atom. The molecule has 5 heteroatoms. The first kappa shape index (κ1) is 17.0. The summed E-state index contributed by atoms with van der Waals surface area (Å²) in [6, 6.07) is 0.297. The van der Waals surface area contributed by atoms with Crippen LogP contribution in [0.2, 0.25) is 0 Å². The molecule has 0 aromatic heterocycles. The van der Waals surface area contributed by atoms with Gasteiger partial charge < -0.3 is 16.4 Å². The molecule has 0 radical (unpaired) electrons. The number of rotatable bonds is 8. The summed E-state index contributed by atoms with van der Waals surface area (Å²) in [5, 5.41) is 0. The summed E-state index contributed by atoms with van der Waals surface area (Å²) in [6.07, 6.45) is 7.77. The van der Waals surface area contributed by atoms with Gasteiger partial charge in [0.15, 0.2) is 0 Å².